The summed E-state index contributed by atoms with van der Waals surface area (Å²) in [5.74, 6) is 0. The molecule has 2 heterocycles. The molecule has 0 aliphatic carbocycles. The summed E-state index contributed by atoms with van der Waals surface area (Å²) in [6.07, 6.45) is 0. The number of hydrogen-bond acceptors (Lipinski definition) is 4. The second kappa shape index (κ2) is 10.5. The molecule has 182 valence electrons. The highest BCUT2D eigenvalue weighted by Crippen LogP contribution is 2.28. The number of nitrogens with one attached hydrogen (secondary N) is 1. The van der Waals surface area contributed by atoms with E-state index in [1.165, 1.54) is 16.8 Å². The Labute approximate surface area is 209 Å². The van der Waals surface area contributed by atoms with Crippen molar-refractivity contribution in [1.82, 2.24) is 20.0 Å². The first-order valence-electron chi connectivity index (χ1n) is 12.3. The van der Waals surface area contributed by atoms with Crippen molar-refractivity contribution in [3.05, 3.63) is 70.4 Å². The number of piperazine rings is 1. The van der Waals surface area contributed by atoms with Gasteiger partial charge in [-0.25, -0.2) is 0 Å². The quantitative estimate of drug-likeness (QED) is 0.455. The third-order valence-corrected chi connectivity index (χ3v) is 6.99. The van der Waals surface area contributed by atoms with Crippen LogP contribution in [0.15, 0.2) is 48.5 Å². The second-order valence-corrected chi connectivity index (χ2v) is 10.8. The van der Waals surface area contributed by atoms with Crippen LogP contribution in [0, 0.1) is 13.8 Å². The van der Waals surface area contributed by atoms with E-state index < -0.39 is 0 Å². The number of benzene rings is 2. The van der Waals surface area contributed by atoms with Gasteiger partial charge in [-0.3, -0.25) is 9.58 Å². The average molecular weight is 480 g/mol. The Morgan fingerprint density at radius 1 is 0.971 bits per heavy atom. The molecule has 1 aliphatic heterocycles. The summed E-state index contributed by atoms with van der Waals surface area (Å²) >= 11 is 6.10. The van der Waals surface area contributed by atoms with Crippen LogP contribution in [0.2, 0.25) is 5.02 Å². The number of nitrogens with zero attached hydrogens (tertiary/aromatic N) is 4. The van der Waals surface area contributed by atoms with Crippen LogP contribution in [0.3, 0.4) is 0 Å². The summed E-state index contributed by atoms with van der Waals surface area (Å²) < 4.78 is 2.12. The summed E-state index contributed by atoms with van der Waals surface area (Å²) in [4.78, 5) is 5.09. The molecule has 1 fully saturated rings. The normalized spacial score (nSPS) is 15.2. The van der Waals surface area contributed by atoms with E-state index in [-0.39, 0.29) is 5.54 Å². The molecule has 0 radical (unpaired) electrons. The molecule has 3 aromatic rings. The van der Waals surface area contributed by atoms with Crippen molar-refractivity contribution in [3.8, 4) is 11.3 Å². The molecule has 0 atom stereocenters. The molecule has 5 nitrogen and oxygen atoms in total. The van der Waals surface area contributed by atoms with Gasteiger partial charge < -0.3 is 10.2 Å². The Hall–Kier alpha value is -2.34. The third-order valence-electron chi connectivity index (χ3n) is 6.74. The van der Waals surface area contributed by atoms with Gasteiger partial charge in [0.2, 0.25) is 0 Å². The van der Waals surface area contributed by atoms with Crippen LogP contribution < -0.4 is 10.2 Å². The lowest BCUT2D eigenvalue weighted by Gasteiger charge is -2.37. The predicted molar refractivity (Wildman–Crippen MR) is 144 cm³/mol. The molecule has 0 spiro atoms. The van der Waals surface area contributed by atoms with Gasteiger partial charge in [0.1, 0.15) is 0 Å². The van der Waals surface area contributed by atoms with Gasteiger partial charge in [-0.1, -0.05) is 35.9 Å². The molecule has 6 heteroatoms. The first kappa shape index (κ1) is 24.8. The number of anilines is 1. The molecule has 0 unspecified atom stereocenters. The molecule has 0 saturated carbocycles. The van der Waals surface area contributed by atoms with E-state index in [9.17, 15) is 0 Å². The summed E-state index contributed by atoms with van der Waals surface area (Å²) in [5, 5.41) is 9.29. The molecule has 1 saturated heterocycles. The van der Waals surface area contributed by atoms with Crippen LogP contribution in [0.5, 0.6) is 0 Å². The molecular weight excluding hydrogens is 442 g/mol. The highest BCUT2D eigenvalue weighted by molar-refractivity contribution is 6.30. The maximum absolute atomic E-state index is 6.10. The van der Waals surface area contributed by atoms with E-state index >= 15 is 0 Å². The largest absolute Gasteiger partial charge is 0.369 e. The van der Waals surface area contributed by atoms with Gasteiger partial charge in [0.15, 0.2) is 0 Å². The number of aromatic nitrogens is 2. The number of halogens is 1. The third kappa shape index (κ3) is 5.83. The van der Waals surface area contributed by atoms with Gasteiger partial charge in [-0.2, -0.15) is 5.10 Å². The minimum absolute atomic E-state index is 0.0947. The van der Waals surface area contributed by atoms with Gasteiger partial charge in [0.05, 0.1) is 16.9 Å². The predicted octanol–water partition coefficient (Wildman–Crippen LogP) is 5.49. The van der Waals surface area contributed by atoms with Gasteiger partial charge in [-0.05, 0) is 75.6 Å². The lowest BCUT2D eigenvalue weighted by atomic mass is 10.1. The minimum Gasteiger partial charge on any atom is -0.369 e. The van der Waals surface area contributed by atoms with Crippen molar-refractivity contribution in [2.45, 2.75) is 46.7 Å². The summed E-state index contributed by atoms with van der Waals surface area (Å²) in [6, 6.07) is 16.8. The summed E-state index contributed by atoms with van der Waals surface area (Å²) in [6.45, 7) is 18.2. The average Bonchev–Trinajstić information content (AvgIpc) is 3.24. The van der Waals surface area contributed by atoms with E-state index in [2.05, 4.69) is 90.8 Å². The maximum atomic E-state index is 6.10. The van der Waals surface area contributed by atoms with E-state index in [0.717, 1.165) is 67.8 Å². The molecule has 0 bridgehead atoms. The number of rotatable bonds is 7. The first-order chi connectivity index (χ1) is 16.2. The van der Waals surface area contributed by atoms with E-state index in [1.54, 1.807) is 0 Å². The van der Waals surface area contributed by atoms with Crippen molar-refractivity contribution in [1.29, 1.82) is 0 Å². The van der Waals surface area contributed by atoms with Crippen molar-refractivity contribution in [2.24, 2.45) is 0 Å². The maximum Gasteiger partial charge on any atom is 0.0769 e. The molecular formula is C28H38ClN5. The van der Waals surface area contributed by atoms with E-state index in [4.69, 9.17) is 16.7 Å². The molecule has 0 amide bonds. The van der Waals surface area contributed by atoms with Crippen molar-refractivity contribution in [2.75, 3.05) is 44.2 Å². The van der Waals surface area contributed by atoms with Crippen LogP contribution in [0.4, 0.5) is 5.69 Å². The van der Waals surface area contributed by atoms with Crippen LogP contribution in [0.25, 0.3) is 11.3 Å². The molecule has 1 N–H and O–H groups in total. The lowest BCUT2D eigenvalue weighted by molar-refractivity contribution is 0.257. The Kier molecular flexibility index (Phi) is 7.66. The van der Waals surface area contributed by atoms with Gasteiger partial charge >= 0.3 is 0 Å². The Morgan fingerprint density at radius 2 is 1.68 bits per heavy atom. The van der Waals surface area contributed by atoms with Crippen LogP contribution in [-0.4, -0.2) is 53.9 Å². The van der Waals surface area contributed by atoms with Crippen molar-refractivity contribution >= 4 is 17.3 Å². The van der Waals surface area contributed by atoms with E-state index in [0.29, 0.717) is 0 Å². The Balaban J connectivity index is 1.29. The van der Waals surface area contributed by atoms with Gasteiger partial charge in [0.25, 0.3) is 0 Å². The Morgan fingerprint density at radius 3 is 2.35 bits per heavy atom. The lowest BCUT2D eigenvalue weighted by Crippen LogP contribution is -2.48. The number of aryl methyl sites for hydroxylation is 1. The topological polar surface area (TPSA) is 36.3 Å². The molecule has 2 aromatic carbocycles. The number of hydrogen-bond donors (Lipinski definition) is 1. The van der Waals surface area contributed by atoms with Crippen LogP contribution in [0.1, 0.15) is 37.6 Å². The fourth-order valence-electron chi connectivity index (χ4n) is 4.60. The second-order valence-electron chi connectivity index (χ2n) is 10.3. The zero-order valence-corrected chi connectivity index (χ0v) is 22.0. The zero-order chi connectivity index (χ0) is 24.3. The molecule has 1 aliphatic rings. The fraction of sp³-hybridized carbons (Fsp3) is 0.464. The standard InChI is InChI=1S/C28H38ClN5/c1-21-7-6-8-26(22(21)2)33-17-15-32(16-18-33)14-13-30-20-25-19-27(34(31-25)28(3,4)5)23-9-11-24(29)12-10-23/h6-12,19,30H,13-18,20H2,1-5H3. The minimum atomic E-state index is -0.0947. The molecule has 1 aromatic heterocycles. The van der Waals surface area contributed by atoms with Gasteiger partial charge in [0, 0.05) is 56.5 Å². The highest BCUT2D eigenvalue weighted by Gasteiger charge is 2.21. The fourth-order valence-corrected chi connectivity index (χ4v) is 4.72. The van der Waals surface area contributed by atoms with Crippen LogP contribution >= 0.6 is 11.6 Å². The SMILES string of the molecule is Cc1cccc(N2CCN(CCNCc3cc(-c4ccc(Cl)cc4)n(C(C)(C)C)n3)CC2)c1C. The molecule has 34 heavy (non-hydrogen) atoms. The summed E-state index contributed by atoms with van der Waals surface area (Å²) in [5.41, 5.74) is 7.41. The van der Waals surface area contributed by atoms with Crippen molar-refractivity contribution in [3.63, 3.8) is 0 Å². The van der Waals surface area contributed by atoms with E-state index in [1.807, 2.05) is 12.1 Å². The van der Waals surface area contributed by atoms with Crippen molar-refractivity contribution < 1.29 is 0 Å². The first-order valence-corrected chi connectivity index (χ1v) is 12.7. The highest BCUT2D eigenvalue weighted by atomic mass is 35.5. The molecule has 4 rings (SSSR count). The monoisotopic (exact) mass is 479 g/mol. The summed E-state index contributed by atoms with van der Waals surface area (Å²) in [7, 11) is 0. The van der Waals surface area contributed by atoms with Gasteiger partial charge in [-0.15, -0.1) is 0 Å². The smallest absolute Gasteiger partial charge is 0.0769 e. The Bertz CT molecular complexity index is 1090. The zero-order valence-electron chi connectivity index (χ0n) is 21.2. The van der Waals surface area contributed by atoms with Crippen LogP contribution in [-0.2, 0) is 12.1 Å².